The topological polar surface area (TPSA) is 46.3 Å². The van der Waals surface area contributed by atoms with Crippen LogP contribution in [0.1, 0.15) is 25.7 Å². The van der Waals surface area contributed by atoms with Crippen molar-refractivity contribution in [1.29, 1.82) is 0 Å². The number of rotatable bonds is 1. The van der Waals surface area contributed by atoms with Crippen molar-refractivity contribution in [3.8, 4) is 0 Å². The minimum Gasteiger partial charge on any atom is -0.339 e. The lowest BCUT2D eigenvalue weighted by molar-refractivity contribution is -0.139. The predicted molar refractivity (Wildman–Crippen MR) is 46.5 cm³/mol. The van der Waals surface area contributed by atoms with Crippen molar-refractivity contribution in [3.05, 3.63) is 0 Å². The Morgan fingerprint density at radius 3 is 2.33 bits per heavy atom. The van der Waals surface area contributed by atoms with E-state index in [2.05, 4.69) is 0 Å². The van der Waals surface area contributed by atoms with Crippen LogP contribution < -0.4 is 5.73 Å². The zero-order chi connectivity index (χ0) is 8.55. The van der Waals surface area contributed by atoms with Gasteiger partial charge in [0.05, 0.1) is 0 Å². The van der Waals surface area contributed by atoms with E-state index in [1.54, 1.807) is 0 Å². The zero-order valence-corrected chi connectivity index (χ0v) is 7.33. The molecule has 0 aromatic heterocycles. The van der Waals surface area contributed by atoms with Gasteiger partial charge in [0.1, 0.15) is 0 Å². The maximum atomic E-state index is 11.6. The van der Waals surface area contributed by atoms with Crippen LogP contribution in [0, 0.1) is 5.92 Å². The summed E-state index contributed by atoms with van der Waals surface area (Å²) in [7, 11) is 0. The minimum absolute atomic E-state index is 0.246. The molecule has 1 aliphatic carbocycles. The molecule has 2 aliphatic rings. The van der Waals surface area contributed by atoms with Crippen molar-refractivity contribution in [1.82, 2.24) is 4.90 Å². The minimum atomic E-state index is 0.246. The number of amides is 1. The van der Waals surface area contributed by atoms with Crippen LogP contribution >= 0.6 is 0 Å². The summed E-state index contributed by atoms with van der Waals surface area (Å²) in [5.74, 6) is 0.687. The van der Waals surface area contributed by atoms with E-state index in [-0.39, 0.29) is 6.04 Å². The molecule has 3 heteroatoms. The van der Waals surface area contributed by atoms with E-state index >= 15 is 0 Å². The summed E-state index contributed by atoms with van der Waals surface area (Å²) in [5, 5.41) is 0. The van der Waals surface area contributed by atoms with Gasteiger partial charge in [-0.05, 0) is 12.8 Å². The Morgan fingerprint density at radius 1 is 1.25 bits per heavy atom. The van der Waals surface area contributed by atoms with Crippen LogP contribution in [-0.2, 0) is 4.79 Å². The highest BCUT2D eigenvalue weighted by Crippen LogP contribution is 2.27. The second-order valence-electron chi connectivity index (χ2n) is 3.98. The lowest BCUT2D eigenvalue weighted by atomic mass is 10.0. The van der Waals surface area contributed by atoms with Gasteiger partial charge in [0, 0.05) is 25.0 Å². The van der Waals surface area contributed by atoms with Crippen LogP contribution in [0.15, 0.2) is 0 Å². The maximum Gasteiger partial charge on any atom is 0.225 e. The number of likely N-dealkylation sites (tertiary alicyclic amines) is 1. The van der Waals surface area contributed by atoms with Gasteiger partial charge in [0.15, 0.2) is 0 Å². The largest absolute Gasteiger partial charge is 0.339 e. The van der Waals surface area contributed by atoms with Crippen LogP contribution in [0.4, 0.5) is 0 Å². The van der Waals surface area contributed by atoms with Crippen LogP contribution in [0.25, 0.3) is 0 Å². The van der Waals surface area contributed by atoms with Crippen LogP contribution in [0.5, 0.6) is 0 Å². The molecule has 0 bridgehead atoms. The fraction of sp³-hybridized carbons (Fsp3) is 0.889. The summed E-state index contributed by atoms with van der Waals surface area (Å²) in [6.45, 7) is 1.57. The van der Waals surface area contributed by atoms with E-state index in [1.807, 2.05) is 4.90 Å². The lowest BCUT2D eigenvalue weighted by Gasteiger charge is -2.38. The Balaban J connectivity index is 1.83. The van der Waals surface area contributed by atoms with Gasteiger partial charge >= 0.3 is 0 Å². The van der Waals surface area contributed by atoms with Gasteiger partial charge in [-0.15, -0.1) is 0 Å². The average molecular weight is 168 g/mol. The summed E-state index contributed by atoms with van der Waals surface area (Å²) >= 11 is 0. The van der Waals surface area contributed by atoms with Crippen LogP contribution in [0.2, 0.25) is 0 Å². The number of nitrogens with zero attached hydrogens (tertiary/aromatic N) is 1. The van der Waals surface area contributed by atoms with E-state index in [0.29, 0.717) is 11.8 Å². The molecule has 0 aromatic rings. The smallest absolute Gasteiger partial charge is 0.225 e. The normalized spacial score (nSPS) is 25.9. The fourth-order valence-corrected chi connectivity index (χ4v) is 2.12. The van der Waals surface area contributed by atoms with Gasteiger partial charge in [-0.25, -0.2) is 0 Å². The van der Waals surface area contributed by atoms with Crippen molar-refractivity contribution in [3.63, 3.8) is 0 Å². The molecular formula is C9H16N2O. The van der Waals surface area contributed by atoms with E-state index in [1.165, 1.54) is 12.8 Å². The molecule has 12 heavy (non-hydrogen) atoms. The molecule has 0 radical (unpaired) electrons. The van der Waals surface area contributed by atoms with Gasteiger partial charge in [0.2, 0.25) is 5.91 Å². The average Bonchev–Trinajstić information content (AvgIpc) is 2.49. The third kappa shape index (κ3) is 1.33. The number of nitrogens with two attached hydrogens (primary N) is 1. The molecule has 68 valence electrons. The maximum absolute atomic E-state index is 11.6. The first kappa shape index (κ1) is 8.05. The Morgan fingerprint density at radius 2 is 1.83 bits per heavy atom. The Bertz CT molecular complexity index is 181. The monoisotopic (exact) mass is 168 g/mol. The van der Waals surface area contributed by atoms with Crippen molar-refractivity contribution in [2.45, 2.75) is 31.7 Å². The van der Waals surface area contributed by atoms with Gasteiger partial charge in [-0.2, -0.15) is 0 Å². The standard InChI is InChI=1S/C9H16N2O/c10-8-5-11(6-8)9(12)7-3-1-2-4-7/h7-8H,1-6,10H2. The van der Waals surface area contributed by atoms with Crippen molar-refractivity contribution >= 4 is 5.91 Å². The molecule has 1 saturated heterocycles. The predicted octanol–water partition coefficient (Wildman–Crippen LogP) is 0.346. The third-order valence-corrected chi connectivity index (χ3v) is 2.93. The second-order valence-corrected chi connectivity index (χ2v) is 3.98. The van der Waals surface area contributed by atoms with E-state index in [0.717, 1.165) is 25.9 Å². The van der Waals surface area contributed by atoms with E-state index in [9.17, 15) is 4.79 Å². The summed E-state index contributed by atoms with van der Waals surface area (Å²) in [5.41, 5.74) is 5.61. The van der Waals surface area contributed by atoms with E-state index < -0.39 is 0 Å². The molecule has 0 unspecified atom stereocenters. The van der Waals surface area contributed by atoms with Crippen molar-refractivity contribution in [2.24, 2.45) is 11.7 Å². The number of carbonyl (C=O) groups excluding carboxylic acids is 1. The first-order valence-electron chi connectivity index (χ1n) is 4.82. The molecule has 2 fully saturated rings. The molecule has 1 amide bonds. The Labute approximate surface area is 72.9 Å². The first-order valence-corrected chi connectivity index (χ1v) is 4.82. The molecule has 1 aliphatic heterocycles. The third-order valence-electron chi connectivity index (χ3n) is 2.93. The molecular weight excluding hydrogens is 152 g/mol. The lowest BCUT2D eigenvalue weighted by Crippen LogP contribution is -2.59. The molecule has 2 rings (SSSR count). The summed E-state index contributed by atoms with van der Waals surface area (Å²) in [4.78, 5) is 13.5. The molecule has 3 nitrogen and oxygen atoms in total. The molecule has 0 spiro atoms. The SMILES string of the molecule is NC1CN(C(=O)C2CCCC2)C1. The van der Waals surface area contributed by atoms with Gasteiger partial charge in [-0.1, -0.05) is 12.8 Å². The zero-order valence-electron chi connectivity index (χ0n) is 7.33. The molecule has 1 heterocycles. The van der Waals surface area contributed by atoms with Gasteiger partial charge in [-0.3, -0.25) is 4.79 Å². The quantitative estimate of drug-likeness (QED) is 0.614. The number of hydrogen-bond donors (Lipinski definition) is 1. The number of carbonyl (C=O) groups is 1. The number of hydrogen-bond acceptors (Lipinski definition) is 2. The van der Waals surface area contributed by atoms with Crippen LogP contribution in [0.3, 0.4) is 0 Å². The fourth-order valence-electron chi connectivity index (χ4n) is 2.12. The second kappa shape index (κ2) is 3.05. The molecule has 0 atom stereocenters. The molecule has 2 N–H and O–H groups in total. The van der Waals surface area contributed by atoms with Gasteiger partial charge < -0.3 is 10.6 Å². The van der Waals surface area contributed by atoms with Crippen molar-refractivity contribution in [2.75, 3.05) is 13.1 Å². The summed E-state index contributed by atoms with van der Waals surface area (Å²) in [6.07, 6.45) is 4.67. The Kier molecular flexibility index (Phi) is 2.05. The highest BCUT2D eigenvalue weighted by Gasteiger charge is 2.33. The highest BCUT2D eigenvalue weighted by atomic mass is 16.2. The Hall–Kier alpha value is -0.570. The highest BCUT2D eigenvalue weighted by molar-refractivity contribution is 5.80. The van der Waals surface area contributed by atoms with Crippen molar-refractivity contribution < 1.29 is 4.79 Å². The van der Waals surface area contributed by atoms with E-state index in [4.69, 9.17) is 5.73 Å². The first-order chi connectivity index (χ1) is 5.77. The molecule has 0 aromatic carbocycles. The summed E-state index contributed by atoms with van der Waals surface area (Å²) in [6, 6.07) is 0.246. The molecule has 1 saturated carbocycles. The van der Waals surface area contributed by atoms with Crippen LogP contribution in [-0.4, -0.2) is 29.9 Å². The summed E-state index contributed by atoms with van der Waals surface area (Å²) < 4.78 is 0. The van der Waals surface area contributed by atoms with Gasteiger partial charge in [0.25, 0.3) is 0 Å².